The first-order valence-electron chi connectivity index (χ1n) is 8.00. The molecule has 2 unspecified atom stereocenters. The molecule has 2 heterocycles. The van der Waals surface area contributed by atoms with Gasteiger partial charge in [-0.2, -0.15) is 0 Å². The molecule has 2 atom stereocenters. The van der Waals surface area contributed by atoms with E-state index in [-0.39, 0.29) is 5.91 Å². The molecule has 116 valence electrons. The third-order valence-electron chi connectivity index (χ3n) is 4.57. The summed E-state index contributed by atoms with van der Waals surface area (Å²) in [5, 5.41) is 0. The highest BCUT2D eigenvalue weighted by molar-refractivity contribution is 5.76. The number of nitrogens with zero attached hydrogens (tertiary/aromatic N) is 2. The van der Waals surface area contributed by atoms with Gasteiger partial charge in [0.1, 0.15) is 0 Å². The number of morpholine rings is 1. The molecule has 20 heavy (non-hydrogen) atoms. The smallest absolute Gasteiger partial charge is 0.222 e. The Balaban J connectivity index is 1.67. The van der Waals surface area contributed by atoms with Gasteiger partial charge in [-0.05, 0) is 38.3 Å². The number of rotatable bonds is 5. The summed E-state index contributed by atoms with van der Waals surface area (Å²) < 4.78 is 5.27. The van der Waals surface area contributed by atoms with Crippen molar-refractivity contribution in [2.75, 3.05) is 45.9 Å². The van der Waals surface area contributed by atoms with Gasteiger partial charge >= 0.3 is 0 Å². The largest absolute Gasteiger partial charge is 0.378 e. The van der Waals surface area contributed by atoms with Crippen molar-refractivity contribution in [1.29, 1.82) is 0 Å². The van der Waals surface area contributed by atoms with E-state index in [0.717, 1.165) is 45.1 Å². The Morgan fingerprint density at radius 3 is 2.75 bits per heavy atom. The molecule has 0 spiro atoms. The maximum absolute atomic E-state index is 12.1. The Kier molecular flexibility index (Phi) is 6.26. The number of hydrogen-bond acceptors (Lipinski definition) is 4. The lowest BCUT2D eigenvalue weighted by atomic mass is 9.92. The fraction of sp³-hybridized carbons (Fsp3) is 0.933. The van der Waals surface area contributed by atoms with Gasteiger partial charge in [-0.15, -0.1) is 0 Å². The topological polar surface area (TPSA) is 58.8 Å². The highest BCUT2D eigenvalue weighted by atomic mass is 16.5. The summed E-state index contributed by atoms with van der Waals surface area (Å²) in [6, 6.07) is 0.511. The van der Waals surface area contributed by atoms with E-state index in [2.05, 4.69) is 11.8 Å². The maximum Gasteiger partial charge on any atom is 0.222 e. The van der Waals surface area contributed by atoms with Gasteiger partial charge in [-0.25, -0.2) is 0 Å². The van der Waals surface area contributed by atoms with Gasteiger partial charge in [-0.1, -0.05) is 6.92 Å². The number of piperidine rings is 1. The molecule has 5 heteroatoms. The quantitative estimate of drug-likeness (QED) is 0.806. The highest BCUT2D eigenvalue weighted by Gasteiger charge is 2.25. The number of hydrogen-bond donors (Lipinski definition) is 1. The fourth-order valence-corrected chi connectivity index (χ4v) is 3.24. The molecule has 1 amide bonds. The van der Waals surface area contributed by atoms with Crippen LogP contribution in [0.3, 0.4) is 0 Å². The van der Waals surface area contributed by atoms with Crippen LogP contribution in [0.15, 0.2) is 0 Å². The van der Waals surface area contributed by atoms with E-state index in [9.17, 15) is 4.79 Å². The first kappa shape index (κ1) is 15.7. The molecule has 0 bridgehead atoms. The molecule has 0 saturated carbocycles. The van der Waals surface area contributed by atoms with Crippen molar-refractivity contribution in [3.05, 3.63) is 0 Å². The number of likely N-dealkylation sites (tertiary alicyclic amines) is 1. The van der Waals surface area contributed by atoms with Crippen molar-refractivity contribution < 1.29 is 9.53 Å². The van der Waals surface area contributed by atoms with Gasteiger partial charge in [0.2, 0.25) is 5.91 Å². The molecule has 0 aromatic rings. The van der Waals surface area contributed by atoms with E-state index in [1.807, 2.05) is 4.90 Å². The summed E-state index contributed by atoms with van der Waals surface area (Å²) in [6.45, 7) is 8.07. The van der Waals surface area contributed by atoms with Crippen LogP contribution in [0.2, 0.25) is 0 Å². The van der Waals surface area contributed by atoms with E-state index in [1.54, 1.807) is 0 Å². The molecule has 0 aliphatic carbocycles. The summed E-state index contributed by atoms with van der Waals surface area (Å²) in [7, 11) is 0. The lowest BCUT2D eigenvalue weighted by molar-refractivity contribution is -0.135. The first-order valence-corrected chi connectivity index (χ1v) is 8.00. The molecule has 2 saturated heterocycles. The second-order valence-corrected chi connectivity index (χ2v) is 6.15. The maximum atomic E-state index is 12.1. The predicted molar refractivity (Wildman–Crippen MR) is 79.4 cm³/mol. The van der Waals surface area contributed by atoms with Gasteiger partial charge in [0.05, 0.1) is 13.2 Å². The number of carbonyl (C=O) groups is 1. The monoisotopic (exact) mass is 283 g/mol. The van der Waals surface area contributed by atoms with Crippen LogP contribution in [0, 0.1) is 5.92 Å². The Bertz CT molecular complexity index is 305. The fourth-order valence-electron chi connectivity index (χ4n) is 3.24. The molecule has 0 radical (unpaired) electrons. The second-order valence-electron chi connectivity index (χ2n) is 6.15. The van der Waals surface area contributed by atoms with E-state index in [4.69, 9.17) is 10.5 Å². The minimum absolute atomic E-state index is 0.281. The Morgan fingerprint density at radius 1 is 1.30 bits per heavy atom. The van der Waals surface area contributed by atoms with Crippen LogP contribution < -0.4 is 5.73 Å². The van der Waals surface area contributed by atoms with Gasteiger partial charge in [0, 0.05) is 32.1 Å². The van der Waals surface area contributed by atoms with Gasteiger partial charge in [-0.3, -0.25) is 9.69 Å². The minimum Gasteiger partial charge on any atom is -0.378 e. The molecule has 5 nitrogen and oxygen atoms in total. The molecule has 2 N–H and O–H groups in total. The van der Waals surface area contributed by atoms with Crippen molar-refractivity contribution in [3.8, 4) is 0 Å². The molecule has 0 aromatic heterocycles. The van der Waals surface area contributed by atoms with Gasteiger partial charge < -0.3 is 15.4 Å². The first-order chi connectivity index (χ1) is 9.70. The normalized spacial score (nSPS) is 28.6. The molecule has 2 rings (SSSR count). The third-order valence-corrected chi connectivity index (χ3v) is 4.57. The number of amides is 1. The lowest BCUT2D eigenvalue weighted by Crippen LogP contribution is -2.47. The Morgan fingerprint density at radius 2 is 2.05 bits per heavy atom. The van der Waals surface area contributed by atoms with E-state index >= 15 is 0 Å². The van der Waals surface area contributed by atoms with Crippen molar-refractivity contribution in [1.82, 2.24) is 9.80 Å². The second kappa shape index (κ2) is 7.96. The van der Waals surface area contributed by atoms with E-state index in [0.29, 0.717) is 25.7 Å². The zero-order valence-electron chi connectivity index (χ0n) is 12.7. The predicted octanol–water partition coefficient (Wildman–Crippen LogP) is 0.685. The molecule has 2 aliphatic rings. The summed E-state index contributed by atoms with van der Waals surface area (Å²) in [6.07, 6.45) is 4.06. The molecule has 0 aromatic carbocycles. The van der Waals surface area contributed by atoms with Crippen LogP contribution in [0.1, 0.15) is 32.6 Å². The van der Waals surface area contributed by atoms with E-state index < -0.39 is 0 Å². The summed E-state index contributed by atoms with van der Waals surface area (Å²) in [5.74, 6) is 1.07. The molecular formula is C15H29N3O2. The number of ether oxygens (including phenoxy) is 1. The van der Waals surface area contributed by atoms with Crippen LogP contribution in [0.25, 0.3) is 0 Å². The summed E-state index contributed by atoms with van der Waals surface area (Å²) in [5.41, 5.74) is 5.87. The third kappa shape index (κ3) is 4.43. The number of carbonyl (C=O) groups excluding carboxylic acids is 1. The van der Waals surface area contributed by atoms with Crippen LogP contribution in [-0.4, -0.2) is 67.7 Å². The molecule has 2 aliphatic heterocycles. The minimum atomic E-state index is 0.281. The van der Waals surface area contributed by atoms with Crippen molar-refractivity contribution in [2.45, 2.75) is 38.6 Å². The zero-order valence-corrected chi connectivity index (χ0v) is 12.7. The standard InChI is InChI=1S/C15H29N3O2/c1-13-4-6-17(14(11-13)12-16)5-2-3-15(19)18-7-9-20-10-8-18/h13-14H,2-12,16H2,1H3. The van der Waals surface area contributed by atoms with Gasteiger partial charge in [0.15, 0.2) is 0 Å². The molecular weight excluding hydrogens is 254 g/mol. The summed E-state index contributed by atoms with van der Waals surface area (Å²) >= 11 is 0. The Hall–Kier alpha value is -0.650. The van der Waals surface area contributed by atoms with Crippen molar-refractivity contribution in [3.63, 3.8) is 0 Å². The van der Waals surface area contributed by atoms with Gasteiger partial charge in [0.25, 0.3) is 0 Å². The van der Waals surface area contributed by atoms with Crippen molar-refractivity contribution >= 4 is 5.91 Å². The van der Waals surface area contributed by atoms with Crippen LogP contribution in [-0.2, 0) is 9.53 Å². The lowest BCUT2D eigenvalue weighted by Gasteiger charge is -2.38. The summed E-state index contributed by atoms with van der Waals surface area (Å²) in [4.78, 5) is 16.5. The van der Waals surface area contributed by atoms with Crippen LogP contribution >= 0.6 is 0 Å². The average molecular weight is 283 g/mol. The van der Waals surface area contributed by atoms with E-state index in [1.165, 1.54) is 12.8 Å². The Labute approximate surface area is 122 Å². The highest BCUT2D eigenvalue weighted by Crippen LogP contribution is 2.22. The van der Waals surface area contributed by atoms with Crippen LogP contribution in [0.5, 0.6) is 0 Å². The number of nitrogens with two attached hydrogens (primary N) is 1. The SMILES string of the molecule is CC1CCN(CCCC(=O)N2CCOCC2)C(CN)C1. The zero-order chi connectivity index (χ0) is 14.4. The van der Waals surface area contributed by atoms with Crippen molar-refractivity contribution in [2.24, 2.45) is 11.7 Å². The van der Waals surface area contributed by atoms with Crippen LogP contribution in [0.4, 0.5) is 0 Å². The molecule has 2 fully saturated rings. The average Bonchev–Trinajstić information content (AvgIpc) is 2.49.